The topological polar surface area (TPSA) is 60.8 Å². The molecule has 1 amide bonds. The molecule has 196 valence electrons. The molecule has 1 fully saturated rings. The fourth-order valence-electron chi connectivity index (χ4n) is 5.81. The van der Waals surface area contributed by atoms with Crippen LogP contribution in [0.25, 0.3) is 5.52 Å². The second-order valence-corrected chi connectivity index (χ2v) is 10.9. The zero-order valence-corrected chi connectivity index (χ0v) is 22.2. The maximum absolute atomic E-state index is 14.8. The number of hydrogen-bond donors (Lipinski definition) is 1. The molecule has 6 rings (SSSR count). The molecule has 1 saturated heterocycles. The van der Waals surface area contributed by atoms with Gasteiger partial charge in [-0.05, 0) is 54.2 Å². The van der Waals surface area contributed by atoms with Crippen LogP contribution in [0.5, 0.6) is 0 Å². The number of halogens is 3. The molecule has 4 aromatic rings. The summed E-state index contributed by atoms with van der Waals surface area (Å²) in [5.74, 6) is -0.831. The number of aromatic amines is 1. The van der Waals surface area contributed by atoms with Gasteiger partial charge < -0.3 is 9.88 Å². The maximum Gasteiger partial charge on any atom is 0.272 e. The third kappa shape index (κ3) is 4.64. The summed E-state index contributed by atoms with van der Waals surface area (Å²) in [6.45, 7) is 3.17. The van der Waals surface area contributed by atoms with Gasteiger partial charge in [0.1, 0.15) is 16.5 Å². The Morgan fingerprint density at radius 3 is 2.58 bits per heavy atom. The van der Waals surface area contributed by atoms with E-state index in [1.54, 1.807) is 27.6 Å². The Hall–Kier alpha value is -3.13. The molecule has 4 heterocycles. The summed E-state index contributed by atoms with van der Waals surface area (Å²) in [7, 11) is 0. The summed E-state index contributed by atoms with van der Waals surface area (Å²) < 4.78 is 16.4. The van der Waals surface area contributed by atoms with Crippen LogP contribution in [-0.2, 0) is 19.4 Å². The minimum atomic E-state index is -0.540. The number of piperidine rings is 1. The molecule has 0 atom stereocenters. The number of aromatic nitrogens is 2. The van der Waals surface area contributed by atoms with Crippen molar-refractivity contribution in [1.82, 2.24) is 19.2 Å². The van der Waals surface area contributed by atoms with Crippen LogP contribution in [0.1, 0.15) is 45.6 Å². The van der Waals surface area contributed by atoms with E-state index in [0.717, 1.165) is 37.9 Å². The number of benzene rings is 2. The van der Waals surface area contributed by atoms with E-state index in [1.165, 1.54) is 23.3 Å². The summed E-state index contributed by atoms with van der Waals surface area (Å²) >= 11 is 12.5. The number of amides is 1. The number of nitrogens with zero attached hydrogens (tertiary/aromatic N) is 3. The molecule has 9 heteroatoms. The molecular formula is C29H27Cl2FN4O2. The van der Waals surface area contributed by atoms with Gasteiger partial charge in [-0.3, -0.25) is 18.9 Å². The zero-order valence-electron chi connectivity index (χ0n) is 20.7. The number of fused-ring (bicyclic) bond motifs is 2. The van der Waals surface area contributed by atoms with E-state index in [9.17, 15) is 14.0 Å². The number of carbonyl (C=O) groups excluding carboxylic acids is 1. The van der Waals surface area contributed by atoms with Crippen LogP contribution in [-0.4, -0.2) is 50.8 Å². The number of likely N-dealkylation sites (tertiary alicyclic amines) is 1. The average Bonchev–Trinajstić information content (AvgIpc) is 3.25. The number of nitrogens with one attached hydrogen (secondary N) is 1. The maximum atomic E-state index is 14.8. The molecule has 38 heavy (non-hydrogen) atoms. The van der Waals surface area contributed by atoms with Gasteiger partial charge in [-0.25, -0.2) is 4.39 Å². The van der Waals surface area contributed by atoms with Gasteiger partial charge in [-0.1, -0.05) is 53.5 Å². The normalized spacial score (nSPS) is 16.7. The highest BCUT2D eigenvalue weighted by Crippen LogP contribution is 2.28. The predicted molar refractivity (Wildman–Crippen MR) is 147 cm³/mol. The lowest BCUT2D eigenvalue weighted by molar-refractivity contribution is 0.0595. The van der Waals surface area contributed by atoms with Gasteiger partial charge in [0, 0.05) is 50.5 Å². The third-order valence-corrected chi connectivity index (χ3v) is 8.62. The minimum absolute atomic E-state index is 0.0603. The van der Waals surface area contributed by atoms with Gasteiger partial charge in [0.25, 0.3) is 11.5 Å². The second-order valence-electron chi connectivity index (χ2n) is 10.1. The van der Waals surface area contributed by atoms with E-state index in [-0.39, 0.29) is 27.2 Å². The van der Waals surface area contributed by atoms with Crippen molar-refractivity contribution in [2.24, 2.45) is 0 Å². The van der Waals surface area contributed by atoms with Crippen molar-refractivity contribution < 1.29 is 9.18 Å². The second kappa shape index (κ2) is 10.2. The van der Waals surface area contributed by atoms with E-state index < -0.39 is 5.82 Å². The molecule has 0 saturated carbocycles. The van der Waals surface area contributed by atoms with Crippen molar-refractivity contribution in [1.29, 1.82) is 0 Å². The van der Waals surface area contributed by atoms with Crippen LogP contribution in [0.2, 0.25) is 10.2 Å². The van der Waals surface area contributed by atoms with Crippen LogP contribution >= 0.6 is 23.2 Å². The quantitative estimate of drug-likeness (QED) is 0.372. The molecule has 0 bridgehead atoms. The van der Waals surface area contributed by atoms with Crippen molar-refractivity contribution >= 4 is 34.6 Å². The number of H-pyrrole nitrogens is 1. The molecule has 1 N–H and O–H groups in total. The van der Waals surface area contributed by atoms with Gasteiger partial charge in [0.15, 0.2) is 0 Å². The van der Waals surface area contributed by atoms with Gasteiger partial charge in [-0.2, -0.15) is 0 Å². The first-order chi connectivity index (χ1) is 18.4. The molecule has 2 aromatic heterocycles. The minimum Gasteiger partial charge on any atom is -0.338 e. The smallest absolute Gasteiger partial charge is 0.272 e. The molecule has 2 aliphatic heterocycles. The third-order valence-electron chi connectivity index (χ3n) is 7.86. The van der Waals surface area contributed by atoms with E-state index in [0.29, 0.717) is 36.8 Å². The van der Waals surface area contributed by atoms with E-state index in [4.69, 9.17) is 23.2 Å². The monoisotopic (exact) mass is 552 g/mol. The van der Waals surface area contributed by atoms with Crippen molar-refractivity contribution in [3.63, 3.8) is 0 Å². The average molecular weight is 553 g/mol. The lowest BCUT2D eigenvalue weighted by Gasteiger charge is -2.40. The molecule has 2 aromatic carbocycles. The van der Waals surface area contributed by atoms with Gasteiger partial charge >= 0.3 is 0 Å². The molecule has 2 aliphatic rings. The lowest BCUT2D eigenvalue weighted by Crippen LogP contribution is -2.48. The fourth-order valence-corrected chi connectivity index (χ4v) is 6.25. The molecular weight excluding hydrogens is 526 g/mol. The van der Waals surface area contributed by atoms with Crippen molar-refractivity contribution in [3.05, 3.63) is 109 Å². The summed E-state index contributed by atoms with van der Waals surface area (Å²) in [4.78, 5) is 32.5. The zero-order chi connectivity index (χ0) is 26.4. The Morgan fingerprint density at radius 2 is 1.79 bits per heavy atom. The van der Waals surface area contributed by atoms with Crippen LogP contribution in [0, 0.1) is 5.82 Å². The number of hydrogen-bond acceptors (Lipinski definition) is 3. The van der Waals surface area contributed by atoms with Crippen LogP contribution in [0.15, 0.2) is 59.5 Å². The fraction of sp³-hybridized carbons (Fsp3) is 0.310. The van der Waals surface area contributed by atoms with Crippen molar-refractivity contribution in [2.75, 3.05) is 19.6 Å². The first-order valence-electron chi connectivity index (χ1n) is 12.8. The molecule has 0 aliphatic carbocycles. The Morgan fingerprint density at radius 1 is 1.03 bits per heavy atom. The van der Waals surface area contributed by atoms with Gasteiger partial charge in [0.05, 0.1) is 10.6 Å². The standard InChI is InChI=1S/C29H27Cl2FN4O2/c30-24-15-26-28(37)33-16-22(36(26)27(24)31)13-18-5-6-25(32)23(14-18)29(38)34-11-8-21(9-12-34)35-10-7-19-3-1-2-4-20(19)17-35/h1-6,14-16,21H,7-13,17H2,(H,33,37). The summed E-state index contributed by atoms with van der Waals surface area (Å²) in [5.41, 5.74) is 4.29. The van der Waals surface area contributed by atoms with Gasteiger partial charge in [0.2, 0.25) is 0 Å². The van der Waals surface area contributed by atoms with Crippen LogP contribution < -0.4 is 5.56 Å². The summed E-state index contributed by atoms with van der Waals surface area (Å²) in [6, 6.07) is 15.1. The van der Waals surface area contributed by atoms with E-state index in [1.807, 2.05) is 0 Å². The molecule has 0 radical (unpaired) electrons. The Labute approximate surface area is 229 Å². The van der Waals surface area contributed by atoms with Crippen LogP contribution in [0.4, 0.5) is 4.39 Å². The summed E-state index contributed by atoms with van der Waals surface area (Å²) in [5, 5.41) is 0.512. The van der Waals surface area contributed by atoms with Crippen molar-refractivity contribution in [3.8, 4) is 0 Å². The van der Waals surface area contributed by atoms with E-state index >= 15 is 0 Å². The van der Waals surface area contributed by atoms with Crippen molar-refractivity contribution in [2.45, 2.75) is 38.3 Å². The molecule has 0 unspecified atom stereocenters. The number of carbonyl (C=O) groups is 1. The highest BCUT2D eigenvalue weighted by molar-refractivity contribution is 6.42. The Balaban J connectivity index is 1.16. The van der Waals surface area contributed by atoms with Crippen LogP contribution in [0.3, 0.4) is 0 Å². The Bertz CT molecular complexity index is 1590. The summed E-state index contributed by atoms with van der Waals surface area (Å²) in [6.07, 6.45) is 4.69. The molecule has 6 nitrogen and oxygen atoms in total. The first-order valence-corrected chi connectivity index (χ1v) is 13.6. The molecule has 0 spiro atoms. The first kappa shape index (κ1) is 25.2. The van der Waals surface area contributed by atoms with Gasteiger partial charge in [-0.15, -0.1) is 0 Å². The largest absolute Gasteiger partial charge is 0.338 e. The number of rotatable bonds is 4. The Kier molecular flexibility index (Phi) is 6.76. The SMILES string of the molecule is O=C(c1cc(Cc2c[nH]c(=O)c3cc(Cl)c(Cl)n23)ccc1F)N1CCC(N2CCc3ccccc3C2)CC1. The highest BCUT2D eigenvalue weighted by atomic mass is 35.5. The highest BCUT2D eigenvalue weighted by Gasteiger charge is 2.30. The predicted octanol–water partition coefficient (Wildman–Crippen LogP) is 5.33. The van der Waals surface area contributed by atoms with E-state index in [2.05, 4.69) is 34.1 Å². The lowest BCUT2D eigenvalue weighted by atomic mass is 9.95.